The maximum atomic E-state index is 8.77. The fourth-order valence-corrected chi connectivity index (χ4v) is 1.84. The van der Waals surface area contributed by atoms with Crippen molar-refractivity contribution in [1.29, 1.82) is 10.5 Å². The Balaban J connectivity index is 2.74. The summed E-state index contributed by atoms with van der Waals surface area (Å²) in [7, 11) is 0. The fraction of sp³-hybridized carbons (Fsp3) is 0.0667. The van der Waals surface area contributed by atoms with Crippen LogP contribution in [0.1, 0.15) is 11.1 Å². The van der Waals surface area contributed by atoms with Gasteiger partial charge in [0.15, 0.2) is 0 Å². The maximum Gasteiger partial charge on any atom is 0.130 e. The molecule has 0 saturated heterocycles. The van der Waals surface area contributed by atoms with Crippen molar-refractivity contribution in [2.24, 2.45) is 0 Å². The van der Waals surface area contributed by atoms with Gasteiger partial charge in [-0.25, -0.2) is 0 Å². The highest BCUT2D eigenvalue weighted by atomic mass is 14.3. The lowest BCUT2D eigenvalue weighted by atomic mass is 9.99. The summed E-state index contributed by atoms with van der Waals surface area (Å²) < 4.78 is 0. The first kappa shape index (κ1) is 10.9. The van der Waals surface area contributed by atoms with Gasteiger partial charge in [-0.2, -0.15) is 10.5 Å². The Bertz CT molecular complexity index is 666. The van der Waals surface area contributed by atoms with Gasteiger partial charge >= 0.3 is 0 Å². The molecule has 2 aromatic rings. The summed E-state index contributed by atoms with van der Waals surface area (Å²) in [5, 5.41) is 19.8. The van der Waals surface area contributed by atoms with Gasteiger partial charge in [-0.1, -0.05) is 36.4 Å². The summed E-state index contributed by atoms with van der Waals surface area (Å²) in [6.45, 7) is 2.05. The molecule has 0 atom stereocenters. The van der Waals surface area contributed by atoms with E-state index in [2.05, 4.69) is 0 Å². The number of aryl methyl sites for hydroxylation is 1. The summed E-state index contributed by atoms with van der Waals surface area (Å²) in [4.78, 5) is 0. The van der Waals surface area contributed by atoms with E-state index in [1.54, 1.807) is 6.08 Å². The van der Waals surface area contributed by atoms with E-state index < -0.39 is 0 Å². The van der Waals surface area contributed by atoms with E-state index in [0.29, 0.717) is 0 Å². The molecule has 80 valence electrons. The van der Waals surface area contributed by atoms with E-state index >= 15 is 0 Å². The predicted octanol–water partition coefficient (Wildman–Crippen LogP) is 3.58. The molecule has 2 aromatic carbocycles. The minimum absolute atomic E-state index is 0.124. The summed E-state index contributed by atoms with van der Waals surface area (Å²) in [6.07, 6.45) is 1.63. The molecule has 0 unspecified atom stereocenters. The highest BCUT2D eigenvalue weighted by Gasteiger charge is 2.02. The summed E-state index contributed by atoms with van der Waals surface area (Å²) >= 11 is 0. The van der Waals surface area contributed by atoms with Crippen LogP contribution in [0.4, 0.5) is 0 Å². The van der Waals surface area contributed by atoms with Crippen molar-refractivity contribution >= 4 is 16.8 Å². The Morgan fingerprint density at radius 2 is 1.65 bits per heavy atom. The van der Waals surface area contributed by atoms with Gasteiger partial charge in [-0.15, -0.1) is 0 Å². The standard InChI is InChI=1S/C15H10N2/c1-11-6-7-13(8-12(9-16)10-17)15-5-3-2-4-14(11)15/h2-8H,1H3. The van der Waals surface area contributed by atoms with Crippen molar-refractivity contribution in [3.63, 3.8) is 0 Å². The zero-order valence-electron chi connectivity index (χ0n) is 9.44. The third kappa shape index (κ3) is 2.02. The van der Waals surface area contributed by atoms with Crippen LogP contribution in [0.15, 0.2) is 42.0 Å². The highest BCUT2D eigenvalue weighted by molar-refractivity contribution is 5.93. The zero-order valence-corrected chi connectivity index (χ0v) is 9.44. The van der Waals surface area contributed by atoms with Gasteiger partial charge in [0.2, 0.25) is 0 Å². The lowest BCUT2D eigenvalue weighted by molar-refractivity contribution is 1.47. The van der Waals surface area contributed by atoms with Gasteiger partial charge in [0, 0.05) is 0 Å². The molecule has 0 saturated carbocycles. The van der Waals surface area contributed by atoms with Gasteiger partial charge in [0.05, 0.1) is 0 Å². The van der Waals surface area contributed by atoms with Crippen LogP contribution in [0.5, 0.6) is 0 Å². The number of hydrogen-bond donors (Lipinski definition) is 0. The molecule has 0 radical (unpaired) electrons. The molecule has 0 heterocycles. The van der Waals surface area contributed by atoms with Crippen molar-refractivity contribution in [2.45, 2.75) is 6.92 Å². The monoisotopic (exact) mass is 218 g/mol. The van der Waals surface area contributed by atoms with Crippen LogP contribution < -0.4 is 0 Å². The molecule has 2 heteroatoms. The lowest BCUT2D eigenvalue weighted by Gasteiger charge is -2.05. The predicted molar refractivity (Wildman–Crippen MR) is 67.9 cm³/mol. The first-order valence-corrected chi connectivity index (χ1v) is 5.26. The number of benzene rings is 2. The van der Waals surface area contributed by atoms with Gasteiger partial charge in [0.25, 0.3) is 0 Å². The SMILES string of the molecule is Cc1ccc(C=C(C#N)C#N)c2ccccc12. The molecule has 0 spiro atoms. The van der Waals surface area contributed by atoms with Crippen molar-refractivity contribution in [3.05, 3.63) is 53.1 Å². The van der Waals surface area contributed by atoms with Crippen LogP contribution in [0.2, 0.25) is 0 Å². The highest BCUT2D eigenvalue weighted by Crippen LogP contribution is 2.23. The van der Waals surface area contributed by atoms with Gasteiger partial charge in [0.1, 0.15) is 17.7 Å². The Labute approximate surface area is 100 Å². The molecule has 0 aliphatic carbocycles. The summed E-state index contributed by atoms with van der Waals surface area (Å²) in [6, 6.07) is 15.7. The second-order valence-corrected chi connectivity index (χ2v) is 3.80. The molecule has 0 N–H and O–H groups in total. The number of nitriles is 2. The van der Waals surface area contributed by atoms with Crippen LogP contribution >= 0.6 is 0 Å². The third-order valence-corrected chi connectivity index (χ3v) is 2.72. The van der Waals surface area contributed by atoms with Crippen molar-refractivity contribution < 1.29 is 0 Å². The largest absolute Gasteiger partial charge is 0.192 e. The molecule has 0 aliphatic rings. The van der Waals surface area contributed by atoms with Crippen LogP contribution in [0.3, 0.4) is 0 Å². The molecule has 0 aromatic heterocycles. The molecular weight excluding hydrogens is 208 g/mol. The Kier molecular flexibility index (Phi) is 2.90. The first-order chi connectivity index (χ1) is 8.26. The Hall–Kier alpha value is -2.58. The smallest absolute Gasteiger partial charge is 0.130 e. The summed E-state index contributed by atoms with van der Waals surface area (Å²) in [5.74, 6) is 0. The Morgan fingerprint density at radius 3 is 2.29 bits per heavy atom. The van der Waals surface area contributed by atoms with Crippen LogP contribution in [-0.2, 0) is 0 Å². The molecule has 0 bridgehead atoms. The van der Waals surface area contributed by atoms with Crippen molar-refractivity contribution in [3.8, 4) is 12.1 Å². The van der Waals surface area contributed by atoms with Gasteiger partial charge in [-0.05, 0) is 34.9 Å². The van der Waals surface area contributed by atoms with Crippen molar-refractivity contribution in [1.82, 2.24) is 0 Å². The van der Waals surface area contributed by atoms with E-state index in [4.69, 9.17) is 10.5 Å². The maximum absolute atomic E-state index is 8.77. The molecule has 2 nitrogen and oxygen atoms in total. The van der Waals surface area contributed by atoms with Crippen molar-refractivity contribution in [2.75, 3.05) is 0 Å². The molecule has 0 aliphatic heterocycles. The zero-order chi connectivity index (χ0) is 12.3. The third-order valence-electron chi connectivity index (χ3n) is 2.72. The fourth-order valence-electron chi connectivity index (χ4n) is 1.84. The minimum atomic E-state index is 0.124. The average Bonchev–Trinajstić information content (AvgIpc) is 2.38. The van der Waals surface area contributed by atoms with E-state index in [1.165, 1.54) is 5.56 Å². The van der Waals surface area contributed by atoms with E-state index in [9.17, 15) is 0 Å². The molecule has 0 fully saturated rings. The second-order valence-electron chi connectivity index (χ2n) is 3.80. The summed E-state index contributed by atoms with van der Waals surface area (Å²) in [5.41, 5.74) is 2.22. The minimum Gasteiger partial charge on any atom is -0.192 e. The topological polar surface area (TPSA) is 47.6 Å². The number of fused-ring (bicyclic) bond motifs is 1. The van der Waals surface area contributed by atoms with Gasteiger partial charge < -0.3 is 0 Å². The number of nitrogens with zero attached hydrogens (tertiary/aromatic N) is 2. The normalized spacial score (nSPS) is 9.35. The first-order valence-electron chi connectivity index (χ1n) is 5.26. The van der Waals surface area contributed by atoms with E-state index in [0.717, 1.165) is 16.3 Å². The van der Waals surface area contributed by atoms with Crippen LogP contribution in [0, 0.1) is 29.6 Å². The number of rotatable bonds is 1. The van der Waals surface area contributed by atoms with E-state index in [1.807, 2.05) is 55.5 Å². The molecular formula is C15H10N2. The second kappa shape index (κ2) is 4.51. The Morgan fingerprint density at radius 1 is 1.00 bits per heavy atom. The molecule has 17 heavy (non-hydrogen) atoms. The van der Waals surface area contributed by atoms with Crippen LogP contribution in [-0.4, -0.2) is 0 Å². The number of allylic oxidation sites excluding steroid dienone is 1. The molecule has 0 amide bonds. The van der Waals surface area contributed by atoms with Crippen LogP contribution in [0.25, 0.3) is 16.8 Å². The van der Waals surface area contributed by atoms with E-state index in [-0.39, 0.29) is 5.57 Å². The average molecular weight is 218 g/mol. The van der Waals surface area contributed by atoms with Gasteiger partial charge in [-0.3, -0.25) is 0 Å². The number of hydrogen-bond acceptors (Lipinski definition) is 2. The quantitative estimate of drug-likeness (QED) is 0.687. The lowest BCUT2D eigenvalue weighted by Crippen LogP contribution is -1.83. The molecule has 2 rings (SSSR count).